The molecule has 3 nitrogen and oxygen atoms in total. The molecule has 0 aromatic heterocycles. The largest absolute Gasteiger partial charge is 0.329 e. The highest BCUT2D eigenvalue weighted by atomic mass is 79.9. The summed E-state index contributed by atoms with van der Waals surface area (Å²) >= 11 is 3.61. The summed E-state index contributed by atoms with van der Waals surface area (Å²) in [6.07, 6.45) is 0. The monoisotopic (exact) mass is 297 g/mol. The lowest BCUT2D eigenvalue weighted by Gasteiger charge is -2.39. The van der Waals surface area contributed by atoms with Crippen molar-refractivity contribution in [3.63, 3.8) is 0 Å². The first-order chi connectivity index (χ1) is 8.20. The quantitative estimate of drug-likeness (QED) is 0.918. The molecule has 1 aromatic rings. The third-order valence-corrected chi connectivity index (χ3v) is 4.18. The second-order valence-corrected chi connectivity index (χ2v) is 5.57. The Hall–Kier alpha value is -0.420. The molecule has 94 valence electrons. The van der Waals surface area contributed by atoms with E-state index in [9.17, 15) is 0 Å². The van der Waals surface area contributed by atoms with E-state index in [4.69, 9.17) is 5.73 Å². The van der Waals surface area contributed by atoms with Gasteiger partial charge in [-0.2, -0.15) is 0 Å². The Morgan fingerprint density at radius 2 is 2.12 bits per heavy atom. The summed E-state index contributed by atoms with van der Waals surface area (Å²) in [5.74, 6) is 0. The molecule has 4 heteroatoms. The summed E-state index contributed by atoms with van der Waals surface area (Å²) in [6.45, 7) is 5.01. The molecule has 0 bridgehead atoms. The fraction of sp³-hybridized carbons (Fsp3) is 0.538. The maximum atomic E-state index is 5.87. The van der Waals surface area contributed by atoms with Crippen molar-refractivity contribution in [1.82, 2.24) is 9.80 Å². The van der Waals surface area contributed by atoms with E-state index in [0.717, 1.165) is 32.7 Å². The Balaban J connectivity index is 2.05. The zero-order valence-corrected chi connectivity index (χ0v) is 11.9. The van der Waals surface area contributed by atoms with Crippen molar-refractivity contribution in [1.29, 1.82) is 0 Å². The van der Waals surface area contributed by atoms with Crippen LogP contribution in [0.4, 0.5) is 0 Å². The minimum absolute atomic E-state index is 0.473. The van der Waals surface area contributed by atoms with E-state index in [1.807, 2.05) is 0 Å². The normalized spacial score (nSPS) is 22.9. The zero-order chi connectivity index (χ0) is 12.3. The average molecular weight is 298 g/mol. The van der Waals surface area contributed by atoms with Gasteiger partial charge in [0.1, 0.15) is 0 Å². The third kappa shape index (κ3) is 3.28. The number of likely N-dealkylation sites (N-methyl/N-ethyl adjacent to an activating group) is 1. The molecule has 1 atom stereocenters. The van der Waals surface area contributed by atoms with E-state index >= 15 is 0 Å². The van der Waals surface area contributed by atoms with Crippen LogP contribution in [0.15, 0.2) is 28.7 Å². The van der Waals surface area contributed by atoms with Gasteiger partial charge in [-0.1, -0.05) is 34.1 Å². The van der Waals surface area contributed by atoms with Crippen LogP contribution in [0.5, 0.6) is 0 Å². The standard InChI is InChI=1S/C13H20BrN3/c1-16-6-7-17(12(8-15)10-16)9-11-4-2-3-5-13(11)14/h2-5,12H,6-10,15H2,1H3. The van der Waals surface area contributed by atoms with Gasteiger partial charge in [0.15, 0.2) is 0 Å². The van der Waals surface area contributed by atoms with Gasteiger partial charge in [0.2, 0.25) is 0 Å². The van der Waals surface area contributed by atoms with Gasteiger partial charge in [-0.3, -0.25) is 4.90 Å². The number of hydrogen-bond acceptors (Lipinski definition) is 3. The Morgan fingerprint density at radius 3 is 2.82 bits per heavy atom. The Labute approximate surface area is 112 Å². The number of piperazine rings is 1. The van der Waals surface area contributed by atoms with Crippen molar-refractivity contribution < 1.29 is 0 Å². The summed E-state index contributed by atoms with van der Waals surface area (Å²) in [5, 5.41) is 0. The molecule has 1 unspecified atom stereocenters. The molecule has 0 spiro atoms. The van der Waals surface area contributed by atoms with E-state index in [2.05, 4.69) is 57.0 Å². The second kappa shape index (κ2) is 5.96. The number of rotatable bonds is 3. The molecule has 17 heavy (non-hydrogen) atoms. The fourth-order valence-electron chi connectivity index (χ4n) is 2.33. The van der Waals surface area contributed by atoms with E-state index in [-0.39, 0.29) is 0 Å². The van der Waals surface area contributed by atoms with Gasteiger partial charge >= 0.3 is 0 Å². The van der Waals surface area contributed by atoms with Crippen LogP contribution in [0.2, 0.25) is 0 Å². The molecule has 0 saturated carbocycles. The lowest BCUT2D eigenvalue weighted by molar-refractivity contribution is 0.0879. The summed E-state index contributed by atoms with van der Waals surface area (Å²) < 4.78 is 1.19. The molecule has 2 N–H and O–H groups in total. The van der Waals surface area contributed by atoms with Crippen LogP contribution in [0.1, 0.15) is 5.56 Å². The van der Waals surface area contributed by atoms with Gasteiger partial charge in [0.05, 0.1) is 0 Å². The predicted octanol–water partition coefficient (Wildman–Crippen LogP) is 1.52. The highest BCUT2D eigenvalue weighted by Gasteiger charge is 2.24. The van der Waals surface area contributed by atoms with Crippen LogP contribution in [0.25, 0.3) is 0 Å². The summed E-state index contributed by atoms with van der Waals surface area (Å²) in [5.41, 5.74) is 7.21. The Bertz CT molecular complexity index is 369. The SMILES string of the molecule is CN1CCN(Cc2ccccc2Br)C(CN)C1. The minimum atomic E-state index is 0.473. The van der Waals surface area contributed by atoms with Crippen LogP contribution in [0.3, 0.4) is 0 Å². The van der Waals surface area contributed by atoms with Crippen LogP contribution < -0.4 is 5.73 Å². The Kier molecular flexibility index (Phi) is 4.56. The Morgan fingerprint density at radius 1 is 1.35 bits per heavy atom. The first-order valence-electron chi connectivity index (χ1n) is 6.06. The smallest absolute Gasteiger partial charge is 0.0349 e. The maximum absolute atomic E-state index is 5.87. The average Bonchev–Trinajstić information content (AvgIpc) is 2.34. The van der Waals surface area contributed by atoms with E-state index in [0.29, 0.717) is 6.04 Å². The third-order valence-electron chi connectivity index (χ3n) is 3.41. The number of hydrogen-bond donors (Lipinski definition) is 1. The van der Waals surface area contributed by atoms with Gasteiger partial charge in [0, 0.05) is 43.2 Å². The van der Waals surface area contributed by atoms with Gasteiger partial charge in [-0.15, -0.1) is 0 Å². The van der Waals surface area contributed by atoms with Crippen LogP contribution in [0, 0.1) is 0 Å². The maximum Gasteiger partial charge on any atom is 0.0349 e. The van der Waals surface area contributed by atoms with Gasteiger partial charge in [-0.05, 0) is 18.7 Å². The highest BCUT2D eigenvalue weighted by Crippen LogP contribution is 2.20. The first kappa shape index (κ1) is 13.0. The van der Waals surface area contributed by atoms with Crippen molar-refractivity contribution in [2.75, 3.05) is 33.2 Å². The first-order valence-corrected chi connectivity index (χ1v) is 6.86. The molecule has 1 aromatic carbocycles. The van der Waals surface area contributed by atoms with Crippen molar-refractivity contribution in [3.05, 3.63) is 34.3 Å². The molecule has 2 rings (SSSR count). The number of halogens is 1. The second-order valence-electron chi connectivity index (χ2n) is 4.71. The zero-order valence-electron chi connectivity index (χ0n) is 10.3. The van der Waals surface area contributed by atoms with Crippen LogP contribution in [-0.2, 0) is 6.54 Å². The van der Waals surface area contributed by atoms with Gasteiger partial charge < -0.3 is 10.6 Å². The van der Waals surface area contributed by atoms with Crippen molar-refractivity contribution in [2.45, 2.75) is 12.6 Å². The highest BCUT2D eigenvalue weighted by molar-refractivity contribution is 9.10. The topological polar surface area (TPSA) is 32.5 Å². The molecule has 1 fully saturated rings. The van der Waals surface area contributed by atoms with Crippen LogP contribution >= 0.6 is 15.9 Å². The van der Waals surface area contributed by atoms with Crippen molar-refractivity contribution >= 4 is 15.9 Å². The molecule has 0 radical (unpaired) electrons. The molecule has 1 aliphatic heterocycles. The molecule has 0 amide bonds. The molecular weight excluding hydrogens is 278 g/mol. The van der Waals surface area contributed by atoms with Gasteiger partial charge in [0.25, 0.3) is 0 Å². The van der Waals surface area contributed by atoms with E-state index in [1.54, 1.807) is 0 Å². The van der Waals surface area contributed by atoms with Crippen LogP contribution in [-0.4, -0.2) is 49.1 Å². The van der Waals surface area contributed by atoms with Gasteiger partial charge in [-0.25, -0.2) is 0 Å². The van der Waals surface area contributed by atoms with Crippen molar-refractivity contribution in [3.8, 4) is 0 Å². The predicted molar refractivity (Wildman–Crippen MR) is 74.9 cm³/mol. The number of nitrogens with two attached hydrogens (primary N) is 1. The molecule has 1 aliphatic rings. The molecule has 0 aliphatic carbocycles. The summed E-state index contributed by atoms with van der Waals surface area (Å²) in [7, 11) is 2.17. The summed E-state index contributed by atoms with van der Waals surface area (Å²) in [4.78, 5) is 4.84. The number of benzene rings is 1. The van der Waals surface area contributed by atoms with E-state index < -0.39 is 0 Å². The minimum Gasteiger partial charge on any atom is -0.329 e. The lowest BCUT2D eigenvalue weighted by Crippen LogP contribution is -2.54. The molecular formula is C13H20BrN3. The lowest BCUT2D eigenvalue weighted by atomic mass is 10.1. The molecule has 1 heterocycles. The fourth-order valence-corrected chi connectivity index (χ4v) is 2.74. The van der Waals surface area contributed by atoms with E-state index in [1.165, 1.54) is 10.0 Å². The number of nitrogens with zero attached hydrogens (tertiary/aromatic N) is 2. The van der Waals surface area contributed by atoms with Crippen molar-refractivity contribution in [2.24, 2.45) is 5.73 Å². The summed E-state index contributed by atoms with van der Waals surface area (Å²) in [6, 6.07) is 8.89. The molecule has 1 saturated heterocycles.